The molecule has 1 N–H and O–H groups in total. The van der Waals surface area contributed by atoms with Crippen molar-refractivity contribution in [3.05, 3.63) is 82.8 Å². The molecule has 3 aromatic carbocycles. The first kappa shape index (κ1) is 16.9. The van der Waals surface area contributed by atoms with Crippen LogP contribution < -0.4 is 9.47 Å². The number of hydrogen-bond donors (Lipinski definition) is 1. The van der Waals surface area contributed by atoms with Gasteiger partial charge >= 0.3 is 0 Å². The summed E-state index contributed by atoms with van der Waals surface area (Å²) in [5.74, 6) is 1.26. The third kappa shape index (κ3) is 2.27. The second-order valence-corrected chi connectivity index (χ2v) is 7.16. The van der Waals surface area contributed by atoms with Crippen LogP contribution in [0.5, 0.6) is 11.5 Å². The Kier molecular flexibility index (Phi) is 3.69. The van der Waals surface area contributed by atoms with E-state index in [-0.39, 0.29) is 11.7 Å². The van der Waals surface area contributed by atoms with Crippen LogP contribution in [0.4, 0.5) is 4.39 Å². The van der Waals surface area contributed by atoms with Crippen LogP contribution in [0.25, 0.3) is 22.0 Å². The number of methoxy groups -OCH3 is 2. The molecule has 4 aromatic rings. The molecule has 3 nitrogen and oxygen atoms in total. The van der Waals surface area contributed by atoms with Gasteiger partial charge in [0.2, 0.25) is 0 Å². The van der Waals surface area contributed by atoms with E-state index in [2.05, 4.69) is 23.2 Å². The molecule has 1 aromatic heterocycles. The van der Waals surface area contributed by atoms with Crippen molar-refractivity contribution in [2.24, 2.45) is 0 Å². The maximum absolute atomic E-state index is 14.1. The van der Waals surface area contributed by atoms with E-state index < -0.39 is 0 Å². The standard InChI is InChI=1S/C24H20FNO2/c1-13-22(19-10-14(25)8-9-20(19)26-13)24-17-7-5-4-6-16(17)18-11-15(27-2)12-21(28-3)23(18)24/h4-12,24,26H,1-3H3/t24-/m0/s1. The van der Waals surface area contributed by atoms with Gasteiger partial charge in [0.25, 0.3) is 0 Å². The van der Waals surface area contributed by atoms with E-state index in [4.69, 9.17) is 9.47 Å². The van der Waals surface area contributed by atoms with E-state index >= 15 is 0 Å². The summed E-state index contributed by atoms with van der Waals surface area (Å²) in [5, 5.41) is 0.906. The molecule has 0 saturated carbocycles. The van der Waals surface area contributed by atoms with Crippen molar-refractivity contribution in [2.45, 2.75) is 12.8 Å². The zero-order valence-corrected chi connectivity index (χ0v) is 16.0. The Morgan fingerprint density at radius 3 is 2.50 bits per heavy atom. The highest BCUT2D eigenvalue weighted by atomic mass is 19.1. The fourth-order valence-electron chi connectivity index (χ4n) is 4.55. The molecule has 5 rings (SSSR count). The highest BCUT2D eigenvalue weighted by molar-refractivity contribution is 5.91. The number of aromatic nitrogens is 1. The summed E-state index contributed by atoms with van der Waals surface area (Å²) in [6.45, 7) is 2.05. The Balaban J connectivity index is 1.88. The van der Waals surface area contributed by atoms with Crippen LogP contribution >= 0.6 is 0 Å². The van der Waals surface area contributed by atoms with Gasteiger partial charge in [-0.05, 0) is 53.4 Å². The van der Waals surface area contributed by atoms with Crippen LogP contribution in [0.1, 0.15) is 28.3 Å². The molecule has 1 heterocycles. The number of nitrogens with one attached hydrogen (secondary N) is 1. The van der Waals surface area contributed by atoms with Crippen LogP contribution in [-0.4, -0.2) is 19.2 Å². The molecule has 1 atom stereocenters. The lowest BCUT2D eigenvalue weighted by atomic mass is 9.87. The number of benzene rings is 3. The van der Waals surface area contributed by atoms with Crippen molar-refractivity contribution in [3.63, 3.8) is 0 Å². The third-order valence-electron chi connectivity index (χ3n) is 5.71. The Bertz CT molecular complexity index is 1220. The normalized spacial score (nSPS) is 14.8. The molecule has 0 saturated heterocycles. The number of halogens is 1. The number of ether oxygens (including phenoxy) is 2. The van der Waals surface area contributed by atoms with Gasteiger partial charge in [0.05, 0.1) is 14.2 Å². The predicted octanol–water partition coefficient (Wildman–Crippen LogP) is 5.79. The SMILES string of the molecule is COc1cc(OC)c2c(c1)-c1ccccc1[C@H]2c1c(C)[nH]c2ccc(F)cc12. The Labute approximate surface area is 162 Å². The molecule has 1 aliphatic rings. The molecule has 0 unspecified atom stereocenters. The summed E-state index contributed by atoms with van der Waals surface area (Å²) in [4.78, 5) is 3.42. The van der Waals surface area contributed by atoms with E-state index in [0.29, 0.717) is 0 Å². The van der Waals surface area contributed by atoms with E-state index in [9.17, 15) is 4.39 Å². The van der Waals surface area contributed by atoms with Gasteiger partial charge in [-0.25, -0.2) is 4.39 Å². The zero-order chi connectivity index (χ0) is 19.4. The Morgan fingerprint density at radius 2 is 1.71 bits per heavy atom. The molecular weight excluding hydrogens is 353 g/mol. The van der Waals surface area contributed by atoms with Gasteiger partial charge in [0.15, 0.2) is 0 Å². The van der Waals surface area contributed by atoms with Gasteiger partial charge in [-0.2, -0.15) is 0 Å². The van der Waals surface area contributed by atoms with Crippen LogP contribution in [0.2, 0.25) is 0 Å². The minimum atomic E-state index is -0.235. The van der Waals surface area contributed by atoms with E-state index in [1.807, 2.05) is 25.1 Å². The Hall–Kier alpha value is -3.27. The van der Waals surface area contributed by atoms with Crippen LogP contribution in [-0.2, 0) is 0 Å². The minimum absolute atomic E-state index is 0.0393. The number of H-pyrrole nitrogens is 1. The topological polar surface area (TPSA) is 34.2 Å². The number of hydrogen-bond acceptors (Lipinski definition) is 2. The summed E-state index contributed by atoms with van der Waals surface area (Å²) in [6, 6.07) is 17.2. The Morgan fingerprint density at radius 1 is 0.893 bits per heavy atom. The number of fused-ring (bicyclic) bond motifs is 4. The first-order chi connectivity index (χ1) is 13.6. The van der Waals surface area contributed by atoms with Crippen LogP contribution in [0.15, 0.2) is 54.6 Å². The minimum Gasteiger partial charge on any atom is -0.497 e. The van der Waals surface area contributed by atoms with Gasteiger partial charge < -0.3 is 14.5 Å². The first-order valence-electron chi connectivity index (χ1n) is 9.25. The highest BCUT2D eigenvalue weighted by Gasteiger charge is 2.35. The van der Waals surface area contributed by atoms with Crippen molar-refractivity contribution in [2.75, 3.05) is 14.2 Å². The summed E-state index contributed by atoms with van der Waals surface area (Å²) in [7, 11) is 3.34. The molecule has 140 valence electrons. The second kappa shape index (κ2) is 6.13. The fourth-order valence-corrected chi connectivity index (χ4v) is 4.55. The molecule has 0 aliphatic heterocycles. The monoisotopic (exact) mass is 373 g/mol. The van der Waals surface area contributed by atoms with Crippen molar-refractivity contribution in [3.8, 4) is 22.6 Å². The molecule has 28 heavy (non-hydrogen) atoms. The molecule has 0 radical (unpaired) electrons. The molecule has 0 bridgehead atoms. The molecule has 0 amide bonds. The number of aromatic amines is 1. The first-order valence-corrected chi connectivity index (χ1v) is 9.25. The lowest BCUT2D eigenvalue weighted by molar-refractivity contribution is 0.391. The van der Waals surface area contributed by atoms with Crippen molar-refractivity contribution >= 4 is 10.9 Å². The summed E-state index contributed by atoms with van der Waals surface area (Å²) in [6.07, 6.45) is 0. The summed E-state index contributed by atoms with van der Waals surface area (Å²) >= 11 is 0. The average molecular weight is 373 g/mol. The van der Waals surface area contributed by atoms with Crippen molar-refractivity contribution < 1.29 is 13.9 Å². The lowest BCUT2D eigenvalue weighted by Crippen LogP contribution is -2.03. The van der Waals surface area contributed by atoms with Gasteiger partial charge in [0.1, 0.15) is 17.3 Å². The van der Waals surface area contributed by atoms with Crippen LogP contribution in [0, 0.1) is 12.7 Å². The number of rotatable bonds is 3. The van der Waals surface area contributed by atoms with Gasteiger partial charge in [-0.1, -0.05) is 24.3 Å². The smallest absolute Gasteiger partial charge is 0.127 e. The molecule has 0 spiro atoms. The largest absolute Gasteiger partial charge is 0.497 e. The average Bonchev–Trinajstić information content (AvgIpc) is 3.20. The van der Waals surface area contributed by atoms with Crippen molar-refractivity contribution in [1.29, 1.82) is 0 Å². The van der Waals surface area contributed by atoms with E-state index in [1.54, 1.807) is 26.4 Å². The maximum atomic E-state index is 14.1. The second-order valence-electron chi connectivity index (χ2n) is 7.16. The molecule has 1 aliphatic carbocycles. The molecule has 4 heteroatoms. The lowest BCUT2D eigenvalue weighted by Gasteiger charge is -2.18. The van der Waals surface area contributed by atoms with Gasteiger partial charge in [-0.3, -0.25) is 0 Å². The molecule has 0 fully saturated rings. The number of aryl methyl sites for hydroxylation is 1. The van der Waals surface area contributed by atoms with Gasteiger partial charge in [0, 0.05) is 34.1 Å². The van der Waals surface area contributed by atoms with Crippen molar-refractivity contribution in [1.82, 2.24) is 4.98 Å². The zero-order valence-electron chi connectivity index (χ0n) is 16.0. The summed E-state index contributed by atoms with van der Waals surface area (Å²) in [5.41, 5.74) is 7.60. The van der Waals surface area contributed by atoms with E-state index in [1.165, 1.54) is 11.6 Å². The summed E-state index contributed by atoms with van der Waals surface area (Å²) < 4.78 is 25.4. The van der Waals surface area contributed by atoms with Crippen LogP contribution in [0.3, 0.4) is 0 Å². The fraction of sp³-hybridized carbons (Fsp3) is 0.167. The maximum Gasteiger partial charge on any atom is 0.127 e. The third-order valence-corrected chi connectivity index (χ3v) is 5.71. The quantitative estimate of drug-likeness (QED) is 0.434. The molecular formula is C24H20FNO2. The van der Waals surface area contributed by atoms with Gasteiger partial charge in [-0.15, -0.1) is 0 Å². The van der Waals surface area contributed by atoms with E-state index in [0.717, 1.165) is 50.3 Å². The predicted molar refractivity (Wildman–Crippen MR) is 109 cm³/mol. The highest BCUT2D eigenvalue weighted by Crippen LogP contribution is 2.54.